The molecule has 2 fully saturated rings. The highest BCUT2D eigenvalue weighted by atomic mass is 19.1. The lowest BCUT2D eigenvalue weighted by molar-refractivity contribution is -0.138. The first-order valence-corrected chi connectivity index (χ1v) is 10.3. The summed E-state index contributed by atoms with van der Waals surface area (Å²) in [5.41, 5.74) is 1.78. The Kier molecular flexibility index (Phi) is 5.88. The van der Waals surface area contributed by atoms with Crippen LogP contribution >= 0.6 is 0 Å². The maximum absolute atomic E-state index is 13.8. The third-order valence-electron chi connectivity index (χ3n) is 5.69. The predicted octanol–water partition coefficient (Wildman–Crippen LogP) is 2.74. The predicted molar refractivity (Wildman–Crippen MR) is 113 cm³/mol. The minimum absolute atomic E-state index is 0.0325. The Bertz CT molecular complexity index is 1030. The topological polar surface area (TPSA) is 79.0 Å². The van der Waals surface area contributed by atoms with E-state index in [1.165, 1.54) is 18.1 Å². The molecule has 0 radical (unpaired) electrons. The zero-order valence-corrected chi connectivity index (χ0v) is 17.3. The van der Waals surface area contributed by atoms with Gasteiger partial charge in [-0.05, 0) is 36.6 Å². The van der Waals surface area contributed by atoms with Crippen molar-refractivity contribution in [1.82, 2.24) is 4.90 Å². The molecule has 2 aliphatic rings. The van der Waals surface area contributed by atoms with E-state index in [1.807, 2.05) is 0 Å². The highest BCUT2D eigenvalue weighted by Gasteiger charge is 2.38. The second-order valence-electron chi connectivity index (χ2n) is 7.66. The van der Waals surface area contributed by atoms with Crippen LogP contribution in [0.1, 0.15) is 24.8 Å². The van der Waals surface area contributed by atoms with E-state index >= 15 is 0 Å². The molecular weight excluding hydrogens is 401 g/mol. The standard InChI is InChI=1S/C23H24FN3O4/c1-31-20-13-16(8-9-19(20)26-11-4-7-21(26)28)25-18-14-22(29)27(23(18)30)12-10-15-5-2-3-6-17(15)24/h2-3,5-6,8-9,13,18,25H,4,7,10-12,14H2,1H3. The van der Waals surface area contributed by atoms with Gasteiger partial charge in [0, 0.05) is 31.3 Å². The van der Waals surface area contributed by atoms with Crippen LogP contribution in [0.15, 0.2) is 42.5 Å². The molecule has 1 unspecified atom stereocenters. The molecule has 2 saturated heterocycles. The van der Waals surface area contributed by atoms with Gasteiger partial charge >= 0.3 is 0 Å². The fourth-order valence-electron chi connectivity index (χ4n) is 4.06. The monoisotopic (exact) mass is 425 g/mol. The van der Waals surface area contributed by atoms with E-state index in [0.29, 0.717) is 35.7 Å². The summed E-state index contributed by atoms with van der Waals surface area (Å²) in [6, 6.07) is 10.9. The largest absolute Gasteiger partial charge is 0.494 e. The van der Waals surface area contributed by atoms with E-state index in [-0.39, 0.29) is 42.9 Å². The van der Waals surface area contributed by atoms with E-state index < -0.39 is 6.04 Å². The van der Waals surface area contributed by atoms with Crippen molar-refractivity contribution in [2.24, 2.45) is 0 Å². The third-order valence-corrected chi connectivity index (χ3v) is 5.69. The molecule has 162 valence electrons. The van der Waals surface area contributed by atoms with Crippen LogP contribution in [-0.4, -0.2) is 48.9 Å². The van der Waals surface area contributed by atoms with Gasteiger partial charge in [-0.15, -0.1) is 0 Å². The van der Waals surface area contributed by atoms with Crippen molar-refractivity contribution >= 4 is 29.1 Å². The Labute approximate surface area is 179 Å². The van der Waals surface area contributed by atoms with Crippen molar-refractivity contribution in [3.63, 3.8) is 0 Å². The van der Waals surface area contributed by atoms with Gasteiger partial charge in [0.2, 0.25) is 11.8 Å². The first-order valence-electron chi connectivity index (χ1n) is 10.3. The van der Waals surface area contributed by atoms with Crippen molar-refractivity contribution in [2.75, 3.05) is 30.4 Å². The van der Waals surface area contributed by atoms with Crippen LogP contribution < -0.4 is 15.0 Å². The number of carbonyl (C=O) groups is 3. The van der Waals surface area contributed by atoms with Crippen LogP contribution in [0, 0.1) is 5.82 Å². The number of ether oxygens (including phenoxy) is 1. The number of carbonyl (C=O) groups excluding carboxylic acids is 3. The number of imide groups is 1. The first-order chi connectivity index (χ1) is 15.0. The van der Waals surface area contributed by atoms with Gasteiger partial charge in [0.15, 0.2) is 0 Å². The molecule has 8 heteroatoms. The minimum atomic E-state index is -0.697. The van der Waals surface area contributed by atoms with Crippen molar-refractivity contribution in [3.05, 3.63) is 53.8 Å². The maximum Gasteiger partial charge on any atom is 0.252 e. The summed E-state index contributed by atoms with van der Waals surface area (Å²) < 4.78 is 19.3. The molecule has 1 atom stereocenters. The average Bonchev–Trinajstić information content (AvgIpc) is 3.30. The van der Waals surface area contributed by atoms with E-state index in [0.717, 1.165) is 6.42 Å². The van der Waals surface area contributed by atoms with Crippen molar-refractivity contribution in [3.8, 4) is 5.75 Å². The molecular formula is C23H24FN3O4. The molecule has 2 heterocycles. The Hall–Kier alpha value is -3.42. The lowest BCUT2D eigenvalue weighted by Crippen LogP contribution is -2.36. The summed E-state index contributed by atoms with van der Waals surface area (Å²) >= 11 is 0. The molecule has 0 bridgehead atoms. The summed E-state index contributed by atoms with van der Waals surface area (Å²) in [7, 11) is 1.53. The molecule has 2 aliphatic heterocycles. The number of methoxy groups -OCH3 is 1. The van der Waals surface area contributed by atoms with E-state index in [2.05, 4.69) is 5.32 Å². The average molecular weight is 425 g/mol. The SMILES string of the molecule is COc1cc(NC2CC(=O)N(CCc3ccccc3F)C2=O)ccc1N1CCCC1=O. The van der Waals surface area contributed by atoms with Gasteiger partial charge in [-0.1, -0.05) is 18.2 Å². The van der Waals surface area contributed by atoms with Gasteiger partial charge < -0.3 is 15.0 Å². The number of rotatable bonds is 7. The molecule has 0 saturated carbocycles. The lowest BCUT2D eigenvalue weighted by atomic mass is 10.1. The summed E-state index contributed by atoms with van der Waals surface area (Å²) in [5, 5.41) is 3.09. The minimum Gasteiger partial charge on any atom is -0.494 e. The van der Waals surface area contributed by atoms with Gasteiger partial charge in [-0.3, -0.25) is 19.3 Å². The molecule has 7 nitrogen and oxygen atoms in total. The van der Waals surface area contributed by atoms with Crippen molar-refractivity contribution < 1.29 is 23.5 Å². The Morgan fingerprint density at radius 3 is 2.65 bits per heavy atom. The highest BCUT2D eigenvalue weighted by Crippen LogP contribution is 2.34. The molecule has 2 aromatic rings. The van der Waals surface area contributed by atoms with E-state index in [1.54, 1.807) is 41.3 Å². The summed E-state index contributed by atoms with van der Waals surface area (Å²) in [6.07, 6.45) is 1.63. The molecule has 0 aromatic heterocycles. The van der Waals surface area contributed by atoms with E-state index in [4.69, 9.17) is 4.74 Å². The number of anilines is 2. The zero-order valence-electron chi connectivity index (χ0n) is 17.3. The maximum atomic E-state index is 13.8. The number of hydrogen-bond donors (Lipinski definition) is 1. The number of benzene rings is 2. The highest BCUT2D eigenvalue weighted by molar-refractivity contribution is 6.07. The molecule has 2 aromatic carbocycles. The van der Waals surface area contributed by atoms with Crippen LogP contribution in [0.3, 0.4) is 0 Å². The number of likely N-dealkylation sites (tertiary alicyclic amines) is 1. The molecule has 31 heavy (non-hydrogen) atoms. The quantitative estimate of drug-likeness (QED) is 0.690. The second-order valence-corrected chi connectivity index (χ2v) is 7.66. The Balaban J connectivity index is 1.43. The second kappa shape index (κ2) is 8.75. The Morgan fingerprint density at radius 2 is 1.94 bits per heavy atom. The number of halogens is 1. The fraction of sp³-hybridized carbons (Fsp3) is 0.348. The molecule has 0 spiro atoms. The normalized spacial score (nSPS) is 18.8. The smallest absolute Gasteiger partial charge is 0.252 e. The summed E-state index contributed by atoms with van der Waals surface area (Å²) in [6.45, 7) is 0.782. The van der Waals surface area contributed by atoms with Gasteiger partial charge in [-0.2, -0.15) is 0 Å². The number of nitrogens with zero attached hydrogens (tertiary/aromatic N) is 2. The Morgan fingerprint density at radius 1 is 1.13 bits per heavy atom. The third kappa shape index (κ3) is 4.23. The fourth-order valence-corrected chi connectivity index (χ4v) is 4.06. The number of nitrogens with one attached hydrogen (secondary N) is 1. The zero-order chi connectivity index (χ0) is 22.0. The molecule has 0 aliphatic carbocycles. The first kappa shape index (κ1) is 20.8. The molecule has 4 rings (SSSR count). The van der Waals surface area contributed by atoms with Crippen LogP contribution in [0.5, 0.6) is 5.75 Å². The van der Waals surface area contributed by atoms with Crippen molar-refractivity contribution in [1.29, 1.82) is 0 Å². The molecule has 3 amide bonds. The van der Waals surface area contributed by atoms with Crippen LogP contribution in [0.25, 0.3) is 0 Å². The van der Waals surface area contributed by atoms with Gasteiger partial charge in [0.05, 0.1) is 19.2 Å². The van der Waals surface area contributed by atoms with E-state index in [9.17, 15) is 18.8 Å². The van der Waals surface area contributed by atoms with Crippen LogP contribution in [0.4, 0.5) is 15.8 Å². The van der Waals surface area contributed by atoms with Crippen LogP contribution in [-0.2, 0) is 20.8 Å². The number of hydrogen-bond acceptors (Lipinski definition) is 5. The lowest BCUT2D eigenvalue weighted by Gasteiger charge is -2.21. The van der Waals surface area contributed by atoms with Gasteiger partial charge in [0.25, 0.3) is 5.91 Å². The summed E-state index contributed by atoms with van der Waals surface area (Å²) in [5.74, 6) is -0.390. The molecule has 1 N–H and O–H groups in total. The van der Waals surface area contributed by atoms with Crippen LogP contribution in [0.2, 0.25) is 0 Å². The summed E-state index contributed by atoms with van der Waals surface area (Å²) in [4.78, 5) is 40.1. The van der Waals surface area contributed by atoms with Gasteiger partial charge in [-0.25, -0.2) is 4.39 Å². The number of amides is 3. The van der Waals surface area contributed by atoms with Gasteiger partial charge in [0.1, 0.15) is 17.6 Å². The van der Waals surface area contributed by atoms with Crippen molar-refractivity contribution in [2.45, 2.75) is 31.7 Å².